The monoisotopic (exact) mass is 561 g/mol. The summed E-state index contributed by atoms with van der Waals surface area (Å²) in [6, 6.07) is 28.7. The van der Waals surface area contributed by atoms with Crippen molar-refractivity contribution in [1.29, 1.82) is 0 Å². The molecule has 0 saturated carbocycles. The molecule has 0 radical (unpaired) electrons. The van der Waals surface area contributed by atoms with Crippen LogP contribution in [0.15, 0.2) is 97.1 Å². The zero-order valence-corrected chi connectivity index (χ0v) is 22.5. The lowest BCUT2D eigenvalue weighted by Crippen LogP contribution is -2.15. The molecule has 6 rings (SSSR count). The van der Waals surface area contributed by atoms with E-state index < -0.39 is 5.91 Å². The Kier molecular flexibility index (Phi) is 6.83. The van der Waals surface area contributed by atoms with Crippen molar-refractivity contribution in [3.05, 3.63) is 130 Å². The molecule has 5 aromatic rings. The lowest BCUT2D eigenvalue weighted by atomic mass is 9.88. The van der Waals surface area contributed by atoms with E-state index in [4.69, 9.17) is 17.3 Å². The van der Waals surface area contributed by atoms with Gasteiger partial charge >= 0.3 is 0 Å². The van der Waals surface area contributed by atoms with E-state index in [0.29, 0.717) is 46.1 Å². The maximum absolute atomic E-state index is 12.9. The number of aryl methyl sites for hydroxylation is 1. The first kappa shape index (κ1) is 26.0. The Morgan fingerprint density at radius 2 is 1.46 bits per heavy atom. The highest BCUT2D eigenvalue weighted by Crippen LogP contribution is 2.38. The molecule has 3 amide bonds. The van der Waals surface area contributed by atoms with E-state index in [-0.39, 0.29) is 17.5 Å². The highest BCUT2D eigenvalue weighted by molar-refractivity contribution is 6.34. The molecule has 0 spiro atoms. The minimum absolute atomic E-state index is 0.206. The molecule has 1 heterocycles. The van der Waals surface area contributed by atoms with E-state index in [2.05, 4.69) is 15.7 Å². The van der Waals surface area contributed by atoms with Crippen LogP contribution >= 0.6 is 11.6 Å². The van der Waals surface area contributed by atoms with Gasteiger partial charge in [0.25, 0.3) is 17.7 Å². The second kappa shape index (κ2) is 10.7. The SMILES string of the molecule is NC(=O)c1nn(-c2ccc(NC(=O)c3ccccc3)cc2)c2c1CCc1ccc(NC(=O)c3ccccc3Cl)cc1-2. The second-order valence-electron chi connectivity index (χ2n) is 9.62. The van der Waals surface area contributed by atoms with Crippen molar-refractivity contribution >= 4 is 40.7 Å². The predicted octanol–water partition coefficient (Wildman–Crippen LogP) is 5.89. The Balaban J connectivity index is 1.35. The van der Waals surface area contributed by atoms with Crippen molar-refractivity contribution in [2.24, 2.45) is 5.73 Å². The highest BCUT2D eigenvalue weighted by atomic mass is 35.5. The number of aromatic nitrogens is 2. The number of fused-ring (bicyclic) bond motifs is 3. The number of hydrogen-bond donors (Lipinski definition) is 3. The Labute approximate surface area is 240 Å². The van der Waals surface area contributed by atoms with Crippen molar-refractivity contribution < 1.29 is 14.4 Å². The van der Waals surface area contributed by atoms with Crippen LogP contribution in [0.5, 0.6) is 0 Å². The fourth-order valence-electron chi connectivity index (χ4n) is 5.02. The Morgan fingerprint density at radius 3 is 2.20 bits per heavy atom. The first-order valence-corrected chi connectivity index (χ1v) is 13.3. The van der Waals surface area contributed by atoms with E-state index >= 15 is 0 Å². The van der Waals surface area contributed by atoms with Gasteiger partial charge in [0.1, 0.15) is 0 Å². The molecule has 0 saturated heterocycles. The Hall–Kier alpha value is -5.21. The van der Waals surface area contributed by atoms with Crippen LogP contribution in [0.3, 0.4) is 0 Å². The van der Waals surface area contributed by atoms with Gasteiger partial charge in [0, 0.05) is 28.1 Å². The van der Waals surface area contributed by atoms with Crippen molar-refractivity contribution in [3.63, 3.8) is 0 Å². The number of amides is 3. The van der Waals surface area contributed by atoms with Crippen LogP contribution in [0.1, 0.15) is 42.3 Å². The molecule has 0 aliphatic heterocycles. The maximum atomic E-state index is 12.9. The molecule has 0 bridgehead atoms. The fraction of sp³-hybridized carbons (Fsp3) is 0.0625. The summed E-state index contributed by atoms with van der Waals surface area (Å²) in [5, 5.41) is 10.8. The lowest BCUT2D eigenvalue weighted by Gasteiger charge is -2.20. The smallest absolute Gasteiger partial charge is 0.269 e. The summed E-state index contributed by atoms with van der Waals surface area (Å²) in [5.41, 5.74) is 12.1. The molecule has 0 unspecified atom stereocenters. The molecule has 9 heteroatoms. The fourth-order valence-corrected chi connectivity index (χ4v) is 5.25. The highest BCUT2D eigenvalue weighted by Gasteiger charge is 2.28. The summed E-state index contributed by atoms with van der Waals surface area (Å²) >= 11 is 6.22. The van der Waals surface area contributed by atoms with E-state index in [9.17, 15) is 14.4 Å². The van der Waals surface area contributed by atoms with E-state index in [1.54, 1.807) is 65.3 Å². The van der Waals surface area contributed by atoms with Crippen LogP contribution in [0.2, 0.25) is 5.02 Å². The topological polar surface area (TPSA) is 119 Å². The second-order valence-corrected chi connectivity index (χ2v) is 10.0. The van der Waals surface area contributed by atoms with Crippen LogP contribution in [0.25, 0.3) is 16.9 Å². The van der Waals surface area contributed by atoms with Crippen molar-refractivity contribution in [1.82, 2.24) is 9.78 Å². The van der Waals surface area contributed by atoms with Crippen LogP contribution in [-0.4, -0.2) is 27.5 Å². The Morgan fingerprint density at radius 1 is 0.780 bits per heavy atom. The molecule has 1 aliphatic rings. The summed E-state index contributed by atoms with van der Waals surface area (Å²) in [4.78, 5) is 37.9. The standard InChI is InChI=1S/C32H24ClN5O3/c33-27-9-5-4-8-24(27)32(41)36-22-12-10-19-11-17-25-28(30(34)39)37-38(29(25)26(19)18-22)23-15-13-21(14-16-23)35-31(40)20-6-2-1-3-7-20/h1-10,12-16,18H,11,17H2,(H2,34,39)(H,35,40)(H,36,41). The average molecular weight is 562 g/mol. The molecule has 0 fully saturated rings. The van der Waals surface area contributed by atoms with Gasteiger partial charge in [-0.2, -0.15) is 5.10 Å². The number of carbonyl (C=O) groups excluding carboxylic acids is 3. The maximum Gasteiger partial charge on any atom is 0.269 e. The number of primary amides is 1. The van der Waals surface area contributed by atoms with Gasteiger partial charge < -0.3 is 16.4 Å². The van der Waals surface area contributed by atoms with Crippen molar-refractivity contribution in [2.45, 2.75) is 12.8 Å². The summed E-state index contributed by atoms with van der Waals surface area (Å²) in [6.07, 6.45) is 1.29. The molecule has 4 N–H and O–H groups in total. The van der Waals surface area contributed by atoms with Crippen molar-refractivity contribution in [3.8, 4) is 16.9 Å². The molecule has 4 aromatic carbocycles. The van der Waals surface area contributed by atoms with Crippen LogP contribution in [-0.2, 0) is 12.8 Å². The third kappa shape index (κ3) is 5.08. The number of benzene rings is 4. The largest absolute Gasteiger partial charge is 0.364 e. The van der Waals surface area contributed by atoms with Crippen LogP contribution in [0, 0.1) is 0 Å². The van der Waals surface area contributed by atoms with E-state index in [0.717, 1.165) is 22.4 Å². The number of nitrogens with zero attached hydrogens (tertiary/aromatic N) is 2. The molecule has 1 aliphatic carbocycles. The molecule has 1 aromatic heterocycles. The third-order valence-electron chi connectivity index (χ3n) is 7.01. The lowest BCUT2D eigenvalue weighted by molar-refractivity contribution is 0.0991. The first-order valence-electron chi connectivity index (χ1n) is 13.0. The van der Waals surface area contributed by atoms with Gasteiger partial charge in [0.15, 0.2) is 5.69 Å². The number of nitrogens with one attached hydrogen (secondary N) is 2. The van der Waals surface area contributed by atoms with Gasteiger partial charge in [0.2, 0.25) is 0 Å². The Bertz CT molecular complexity index is 1810. The molecule has 8 nitrogen and oxygen atoms in total. The van der Waals surface area contributed by atoms with Gasteiger partial charge in [-0.1, -0.05) is 48.0 Å². The van der Waals surface area contributed by atoms with Crippen molar-refractivity contribution in [2.75, 3.05) is 10.6 Å². The number of anilines is 2. The first-order chi connectivity index (χ1) is 19.9. The predicted molar refractivity (Wildman–Crippen MR) is 159 cm³/mol. The zero-order valence-electron chi connectivity index (χ0n) is 21.7. The minimum Gasteiger partial charge on any atom is -0.364 e. The summed E-state index contributed by atoms with van der Waals surface area (Å²) in [5.74, 6) is -1.16. The summed E-state index contributed by atoms with van der Waals surface area (Å²) in [6.45, 7) is 0. The number of hydrogen-bond acceptors (Lipinski definition) is 4. The van der Waals surface area contributed by atoms with E-state index in [1.807, 2.05) is 36.4 Å². The molecule has 0 atom stereocenters. The molecule has 202 valence electrons. The van der Waals surface area contributed by atoms with Gasteiger partial charge in [-0.15, -0.1) is 0 Å². The third-order valence-corrected chi connectivity index (χ3v) is 7.34. The summed E-state index contributed by atoms with van der Waals surface area (Å²) < 4.78 is 1.69. The van der Waals surface area contributed by atoms with E-state index in [1.165, 1.54) is 0 Å². The normalized spacial score (nSPS) is 11.7. The van der Waals surface area contributed by atoms with Gasteiger partial charge in [-0.25, -0.2) is 4.68 Å². The molecular formula is C32H24ClN5O3. The summed E-state index contributed by atoms with van der Waals surface area (Å²) in [7, 11) is 0. The minimum atomic E-state index is -0.613. The number of nitrogens with two attached hydrogens (primary N) is 1. The number of rotatable bonds is 6. The van der Waals surface area contributed by atoms with Gasteiger partial charge in [-0.05, 0) is 79.1 Å². The quantitative estimate of drug-likeness (QED) is 0.239. The van der Waals surface area contributed by atoms with Gasteiger partial charge in [-0.3, -0.25) is 14.4 Å². The number of carbonyl (C=O) groups is 3. The number of halogens is 1. The van der Waals surface area contributed by atoms with Gasteiger partial charge in [0.05, 0.1) is 22.0 Å². The molecule has 41 heavy (non-hydrogen) atoms. The molecular weight excluding hydrogens is 538 g/mol. The van der Waals surface area contributed by atoms with Crippen LogP contribution < -0.4 is 16.4 Å². The van der Waals surface area contributed by atoms with Crippen LogP contribution in [0.4, 0.5) is 11.4 Å². The zero-order chi connectivity index (χ0) is 28.5. The average Bonchev–Trinajstić information content (AvgIpc) is 3.39.